The minimum atomic E-state index is -0.571. The summed E-state index contributed by atoms with van der Waals surface area (Å²) >= 11 is 0. The zero-order chi connectivity index (χ0) is 24.2. The number of halogens is 1. The number of aryl methyl sites for hydroxylation is 1. The molecule has 3 aromatic rings. The highest BCUT2D eigenvalue weighted by Gasteiger charge is 2.25. The van der Waals surface area contributed by atoms with Gasteiger partial charge in [0.2, 0.25) is 0 Å². The fraction of sp³-hybridized carbons (Fsp3) is 0.423. The third-order valence-corrected chi connectivity index (χ3v) is 5.95. The molecule has 0 spiro atoms. The number of piperidine rings is 1. The average molecular weight is 471 g/mol. The fourth-order valence-electron chi connectivity index (χ4n) is 4.25. The van der Waals surface area contributed by atoms with E-state index < -0.39 is 11.9 Å². The number of rotatable bonds is 6. The SMILES string of the molecule is Cc1ccc2c(N3CCC[C@@H](CNC(=O)OCC(C)C)C3)nc(-c3c(O)cccc3F)nc2c1.[HH].[HH]. The van der Waals surface area contributed by atoms with Gasteiger partial charge >= 0.3 is 6.09 Å². The van der Waals surface area contributed by atoms with Crippen LogP contribution in [0.15, 0.2) is 36.4 Å². The molecule has 8 heteroatoms. The standard InChI is InChI=1S/C26H31FN4O3.2H2/c1-16(2)15-34-26(33)28-13-18-6-5-11-31(14-18)25-19-10-9-17(3)12-21(19)29-24(30-25)23-20(27)7-4-8-22(23)32;;/h4,7-10,12,16,18,32H,5-6,11,13-15H2,1-3H3,(H,28,33);2*1H/t18-;;/m0../s1. The van der Waals surface area contributed by atoms with Crippen LogP contribution in [0, 0.1) is 24.6 Å². The van der Waals surface area contributed by atoms with E-state index in [9.17, 15) is 14.3 Å². The quantitative estimate of drug-likeness (QED) is 0.492. The van der Waals surface area contributed by atoms with Gasteiger partial charge in [-0.2, -0.15) is 0 Å². The van der Waals surface area contributed by atoms with Crippen molar-refractivity contribution in [1.82, 2.24) is 15.3 Å². The molecule has 1 atom stereocenters. The Morgan fingerprint density at radius 1 is 1.32 bits per heavy atom. The van der Waals surface area contributed by atoms with Gasteiger partial charge in [-0.15, -0.1) is 0 Å². The molecule has 0 unspecified atom stereocenters. The number of aromatic hydroxyl groups is 1. The van der Waals surface area contributed by atoms with Gasteiger partial charge in [0.25, 0.3) is 0 Å². The molecule has 1 amide bonds. The molecule has 2 aromatic carbocycles. The van der Waals surface area contributed by atoms with Crippen LogP contribution in [-0.2, 0) is 4.74 Å². The van der Waals surface area contributed by atoms with Gasteiger partial charge in [0.15, 0.2) is 5.82 Å². The second-order valence-corrected chi connectivity index (χ2v) is 9.35. The van der Waals surface area contributed by atoms with Crippen LogP contribution in [-0.4, -0.2) is 47.4 Å². The normalized spacial score (nSPS) is 16.1. The molecule has 1 fully saturated rings. The molecule has 2 N–H and O–H groups in total. The predicted octanol–water partition coefficient (Wildman–Crippen LogP) is 5.54. The van der Waals surface area contributed by atoms with Gasteiger partial charge in [-0.05, 0) is 61.4 Å². The van der Waals surface area contributed by atoms with Crippen molar-refractivity contribution in [2.24, 2.45) is 11.8 Å². The van der Waals surface area contributed by atoms with Crippen LogP contribution < -0.4 is 10.2 Å². The van der Waals surface area contributed by atoms with Crippen molar-refractivity contribution in [1.29, 1.82) is 0 Å². The number of anilines is 1. The smallest absolute Gasteiger partial charge is 0.407 e. The van der Waals surface area contributed by atoms with E-state index in [0.29, 0.717) is 31.0 Å². The molecule has 0 saturated carbocycles. The van der Waals surface area contributed by atoms with E-state index in [1.54, 1.807) is 0 Å². The number of benzene rings is 2. The summed E-state index contributed by atoms with van der Waals surface area (Å²) in [6, 6.07) is 10.1. The second-order valence-electron chi connectivity index (χ2n) is 9.35. The number of amides is 1. The van der Waals surface area contributed by atoms with E-state index in [1.165, 1.54) is 18.2 Å². The number of hydrogen-bond acceptors (Lipinski definition) is 6. The first kappa shape index (κ1) is 23.7. The molecule has 184 valence electrons. The van der Waals surface area contributed by atoms with E-state index in [1.807, 2.05) is 39.0 Å². The van der Waals surface area contributed by atoms with Crippen LogP contribution in [0.25, 0.3) is 22.3 Å². The van der Waals surface area contributed by atoms with Gasteiger partial charge in [-0.1, -0.05) is 26.0 Å². The van der Waals surface area contributed by atoms with E-state index in [2.05, 4.69) is 15.2 Å². The first-order valence-electron chi connectivity index (χ1n) is 11.7. The summed E-state index contributed by atoms with van der Waals surface area (Å²) in [4.78, 5) is 23.5. The Bertz CT molecular complexity index is 1180. The molecule has 0 aliphatic carbocycles. The van der Waals surface area contributed by atoms with Crippen LogP contribution in [0.3, 0.4) is 0 Å². The lowest BCUT2D eigenvalue weighted by Crippen LogP contribution is -2.41. The number of fused-ring (bicyclic) bond motifs is 1. The summed E-state index contributed by atoms with van der Waals surface area (Å²) in [6.45, 7) is 8.34. The minimum Gasteiger partial charge on any atom is -0.507 e. The Labute approximate surface area is 201 Å². The average Bonchev–Trinajstić information content (AvgIpc) is 2.80. The highest BCUT2D eigenvalue weighted by Crippen LogP contribution is 2.35. The number of phenolic OH excluding ortho intramolecular Hbond substituents is 1. The summed E-state index contributed by atoms with van der Waals surface area (Å²) < 4.78 is 19.9. The van der Waals surface area contributed by atoms with Crippen LogP contribution >= 0.6 is 0 Å². The van der Waals surface area contributed by atoms with E-state index in [-0.39, 0.29) is 31.8 Å². The van der Waals surface area contributed by atoms with Gasteiger partial charge < -0.3 is 20.1 Å². The number of nitrogens with one attached hydrogen (secondary N) is 1. The third kappa shape index (κ3) is 5.38. The van der Waals surface area contributed by atoms with Gasteiger partial charge in [-0.3, -0.25) is 0 Å². The third-order valence-electron chi connectivity index (χ3n) is 5.95. The Morgan fingerprint density at radius 2 is 2.15 bits per heavy atom. The van der Waals surface area contributed by atoms with Crippen molar-refractivity contribution >= 4 is 22.8 Å². The van der Waals surface area contributed by atoms with Gasteiger partial charge in [0.1, 0.15) is 17.4 Å². The molecule has 0 radical (unpaired) electrons. The summed E-state index contributed by atoms with van der Waals surface area (Å²) in [6.07, 6.45) is 1.51. The maximum atomic E-state index is 14.6. The summed E-state index contributed by atoms with van der Waals surface area (Å²) in [5.74, 6) is 0.600. The van der Waals surface area contributed by atoms with Crippen molar-refractivity contribution in [2.45, 2.75) is 33.6 Å². The topological polar surface area (TPSA) is 87.6 Å². The molecular weight excluding hydrogens is 435 g/mol. The number of phenols is 1. The fourth-order valence-corrected chi connectivity index (χ4v) is 4.25. The first-order chi connectivity index (χ1) is 16.3. The van der Waals surface area contributed by atoms with Gasteiger partial charge in [0, 0.05) is 27.9 Å². The second kappa shape index (κ2) is 10.2. The highest BCUT2D eigenvalue weighted by atomic mass is 19.1. The molecule has 1 aliphatic heterocycles. The van der Waals surface area contributed by atoms with Gasteiger partial charge in [0.05, 0.1) is 17.7 Å². The zero-order valence-electron chi connectivity index (χ0n) is 19.8. The lowest BCUT2D eigenvalue weighted by atomic mass is 9.97. The predicted molar refractivity (Wildman–Crippen MR) is 135 cm³/mol. The lowest BCUT2D eigenvalue weighted by molar-refractivity contribution is 0.131. The van der Waals surface area contributed by atoms with Crippen LogP contribution in [0.2, 0.25) is 0 Å². The number of nitrogens with zero attached hydrogens (tertiary/aromatic N) is 3. The summed E-state index contributed by atoms with van der Waals surface area (Å²) in [5.41, 5.74) is 1.72. The largest absolute Gasteiger partial charge is 0.507 e. The molecule has 4 rings (SSSR count). The maximum Gasteiger partial charge on any atom is 0.407 e. The van der Waals surface area contributed by atoms with Crippen molar-refractivity contribution in [3.05, 3.63) is 47.8 Å². The first-order valence-corrected chi connectivity index (χ1v) is 11.7. The Balaban J connectivity index is 0.00000228. The van der Waals surface area contributed by atoms with Crippen molar-refractivity contribution < 1.29 is 21.9 Å². The molecule has 1 aliphatic rings. The van der Waals surface area contributed by atoms with Crippen molar-refractivity contribution in [3.8, 4) is 17.1 Å². The van der Waals surface area contributed by atoms with E-state index in [0.717, 1.165) is 30.3 Å². The van der Waals surface area contributed by atoms with Crippen LogP contribution in [0.4, 0.5) is 15.0 Å². The van der Waals surface area contributed by atoms with Crippen LogP contribution in [0.5, 0.6) is 5.75 Å². The maximum absolute atomic E-state index is 14.6. The Morgan fingerprint density at radius 3 is 2.91 bits per heavy atom. The zero-order valence-corrected chi connectivity index (χ0v) is 19.8. The summed E-state index contributed by atoms with van der Waals surface area (Å²) in [7, 11) is 0. The van der Waals surface area contributed by atoms with Crippen molar-refractivity contribution in [3.63, 3.8) is 0 Å². The molecule has 1 aromatic heterocycles. The number of ether oxygens (including phenoxy) is 1. The van der Waals surface area contributed by atoms with E-state index in [4.69, 9.17) is 9.72 Å². The summed E-state index contributed by atoms with van der Waals surface area (Å²) in [5, 5.41) is 14.1. The van der Waals surface area contributed by atoms with Crippen LogP contribution in [0.1, 0.15) is 35.1 Å². The van der Waals surface area contributed by atoms with Crippen molar-refractivity contribution in [2.75, 3.05) is 31.1 Å². The lowest BCUT2D eigenvalue weighted by Gasteiger charge is -2.34. The van der Waals surface area contributed by atoms with E-state index >= 15 is 0 Å². The minimum absolute atomic E-state index is 0. The Hall–Kier alpha value is -3.42. The molecule has 2 heterocycles. The number of alkyl carbamates (subject to hydrolysis) is 1. The number of aromatic nitrogens is 2. The molecule has 0 bridgehead atoms. The van der Waals surface area contributed by atoms with Gasteiger partial charge in [-0.25, -0.2) is 19.2 Å². The number of hydrogen-bond donors (Lipinski definition) is 2. The molecular formula is C26H35FN4O3. The molecule has 1 saturated heterocycles. The molecule has 7 nitrogen and oxygen atoms in total. The number of carbonyl (C=O) groups is 1. The number of carbonyl (C=O) groups excluding carboxylic acids is 1. The monoisotopic (exact) mass is 470 g/mol. The Kier molecular flexibility index (Phi) is 7.14. The highest BCUT2D eigenvalue weighted by molar-refractivity contribution is 5.92. The molecule has 34 heavy (non-hydrogen) atoms.